The predicted octanol–water partition coefficient (Wildman–Crippen LogP) is -4.00. The van der Waals surface area contributed by atoms with Crippen LogP contribution in [0.5, 0.6) is 0 Å². The number of hydrogen-bond donors (Lipinski definition) is 17. The van der Waals surface area contributed by atoms with Crippen LogP contribution in [0.3, 0.4) is 0 Å². The third kappa shape index (κ3) is 12.7. The number of fused-ring (bicyclic) bond motifs is 7. The smallest absolute Gasteiger partial charge is 0.314 e. The number of aliphatic hydroxyl groups is 17. The number of carbonyl (C=O) groups excluding carboxylic acids is 1. The molecule has 37 atom stereocenters. The van der Waals surface area contributed by atoms with Gasteiger partial charge in [-0.1, -0.05) is 48.5 Å². The van der Waals surface area contributed by atoms with Crippen LogP contribution in [-0.4, -0.2) is 304 Å². The minimum atomic E-state index is -1.87. The van der Waals surface area contributed by atoms with Crippen LogP contribution in [0.1, 0.15) is 126 Å². The second kappa shape index (κ2) is 27.6. The fourth-order valence-corrected chi connectivity index (χ4v) is 19.5. The molecule has 11 aliphatic rings. The highest BCUT2D eigenvalue weighted by molar-refractivity contribution is 5.78. The Kier molecular flexibility index (Phi) is 21.6. The quantitative estimate of drug-likeness (QED) is 0.0549. The SMILES string of the molecule is C[C@@H]1O[C@@H](O[C@H]2[C@H](O)[C@@H](O)[C@H](O[C@H]3CC[C@]4(C)[C@H]5CC[C@@H]6[C@@H]7CC(C)(C)CC[C@]7(C(=O)O[C@@H]7O[C@H](CO[C@@H]8O[C@H](CO)[C@@H](O)[C@H](O)[C@H]8O)[C@@H](O)[C@H](O)[C@H]7O)CC[C@@]6(C)[C@]5(C)CC[C@H]4C3(C)C)O[C@@H]2CO)[C@H](O)[C@H](O[C@@H]2OC[C@@H](O[C@@H]3OC[C@@H](O)[C@H](O)[C@H]3O)[C@H](O)[C@H]2O)[C@H]1O. The molecule has 542 valence electrons. The summed E-state index contributed by atoms with van der Waals surface area (Å²) in [7, 11) is 0. The summed E-state index contributed by atoms with van der Waals surface area (Å²) in [6.45, 7) is 14.6. The van der Waals surface area contributed by atoms with Crippen LogP contribution in [0.15, 0.2) is 0 Å². The Morgan fingerprint density at radius 1 is 0.447 bits per heavy atom. The number of aliphatic hydroxyl groups excluding tert-OH is 17. The normalized spacial score (nSPS) is 55.1. The topological polar surface area (TPSA) is 472 Å². The van der Waals surface area contributed by atoms with Crippen molar-refractivity contribution in [1.29, 1.82) is 0 Å². The van der Waals surface area contributed by atoms with E-state index in [0.29, 0.717) is 25.7 Å². The van der Waals surface area contributed by atoms with Gasteiger partial charge in [-0.3, -0.25) is 4.79 Å². The first-order valence-electron chi connectivity index (χ1n) is 33.8. The molecule has 11 fully saturated rings. The highest BCUT2D eigenvalue weighted by Gasteiger charge is 2.72. The first-order chi connectivity index (χ1) is 44.1. The van der Waals surface area contributed by atoms with E-state index in [4.69, 9.17) is 56.8 Å². The van der Waals surface area contributed by atoms with Crippen LogP contribution in [0.25, 0.3) is 0 Å². The molecule has 6 heterocycles. The van der Waals surface area contributed by atoms with Gasteiger partial charge in [-0.15, -0.1) is 0 Å². The minimum absolute atomic E-state index is 0.0967. The van der Waals surface area contributed by atoms with Crippen LogP contribution < -0.4 is 0 Å². The summed E-state index contributed by atoms with van der Waals surface area (Å²) < 4.78 is 70.6. The van der Waals surface area contributed by atoms with Crippen molar-refractivity contribution in [2.75, 3.05) is 33.0 Å². The van der Waals surface area contributed by atoms with Gasteiger partial charge in [-0.25, -0.2) is 0 Å². The van der Waals surface area contributed by atoms with Crippen LogP contribution in [0.4, 0.5) is 0 Å². The average Bonchev–Trinajstić information content (AvgIpc) is 0.676. The Labute approximate surface area is 546 Å². The zero-order valence-electron chi connectivity index (χ0n) is 54.8. The van der Waals surface area contributed by atoms with Gasteiger partial charge in [-0.2, -0.15) is 0 Å². The lowest BCUT2D eigenvalue weighted by molar-refractivity contribution is -0.381. The lowest BCUT2D eigenvalue weighted by Gasteiger charge is -2.73. The van der Waals surface area contributed by atoms with Crippen LogP contribution >= 0.6 is 0 Å². The molecule has 0 aromatic carbocycles. The molecule has 6 aliphatic heterocycles. The minimum Gasteiger partial charge on any atom is -0.432 e. The molecule has 0 aromatic heterocycles. The monoisotopic (exact) mass is 1350 g/mol. The Morgan fingerprint density at radius 2 is 1.02 bits per heavy atom. The molecule has 17 N–H and O–H groups in total. The Morgan fingerprint density at radius 3 is 1.71 bits per heavy atom. The maximum Gasteiger partial charge on any atom is 0.314 e. The molecule has 0 amide bonds. The molecular formula is C64H106O30. The molecule has 6 saturated heterocycles. The summed E-state index contributed by atoms with van der Waals surface area (Å²) >= 11 is 0. The van der Waals surface area contributed by atoms with E-state index in [1.54, 1.807) is 0 Å². The van der Waals surface area contributed by atoms with Crippen molar-refractivity contribution in [3.05, 3.63) is 0 Å². The largest absolute Gasteiger partial charge is 0.432 e. The van der Waals surface area contributed by atoms with Gasteiger partial charge >= 0.3 is 5.97 Å². The molecule has 5 aliphatic carbocycles. The second-order valence-electron chi connectivity index (χ2n) is 31.4. The fourth-order valence-electron chi connectivity index (χ4n) is 19.5. The summed E-state index contributed by atoms with van der Waals surface area (Å²) in [4.78, 5) is 15.2. The molecule has 30 heteroatoms. The lowest BCUT2D eigenvalue weighted by Crippen LogP contribution is -2.68. The van der Waals surface area contributed by atoms with Crippen molar-refractivity contribution in [1.82, 2.24) is 0 Å². The molecule has 0 spiro atoms. The summed E-state index contributed by atoms with van der Waals surface area (Å²) in [5.41, 5.74) is -2.22. The Balaban J connectivity index is 0.723. The number of carbonyl (C=O) groups is 1. The summed E-state index contributed by atoms with van der Waals surface area (Å²) in [6.07, 6.45) is -37.7. The van der Waals surface area contributed by atoms with Crippen molar-refractivity contribution in [3.63, 3.8) is 0 Å². The predicted molar refractivity (Wildman–Crippen MR) is 315 cm³/mol. The number of esters is 1. The molecule has 0 bridgehead atoms. The van der Waals surface area contributed by atoms with Crippen molar-refractivity contribution < 1.29 is 148 Å². The zero-order chi connectivity index (χ0) is 68.4. The van der Waals surface area contributed by atoms with Crippen molar-refractivity contribution >= 4 is 5.97 Å². The second-order valence-corrected chi connectivity index (χ2v) is 31.4. The van der Waals surface area contributed by atoms with E-state index in [1.165, 1.54) is 6.92 Å². The van der Waals surface area contributed by atoms with E-state index < -0.39 is 221 Å². The van der Waals surface area contributed by atoms with Crippen molar-refractivity contribution in [2.24, 2.45) is 56.2 Å². The van der Waals surface area contributed by atoms with Crippen LogP contribution in [-0.2, 0) is 61.6 Å². The first-order valence-corrected chi connectivity index (χ1v) is 33.8. The van der Waals surface area contributed by atoms with E-state index in [2.05, 4.69) is 48.5 Å². The standard InChI is InChI=1S/C64H106O30/c1-25-36(68)51(93-54-45(77)40(72)32(24-85-54)89-52-44(76)37(69)28(67)22-83-52)49(81)57(86-25)92-50-30(21-66)88-55(48(80)43(50)75)91-35-12-13-61(6)33(60(35,4)5)11-14-63(8)34(61)10-9-26-27-19-59(2,3)15-17-64(27,18-16-62(26,63)7)58(82)94-56-47(79)42(74)39(71)31(90-56)23-84-53-46(78)41(73)38(70)29(20-65)87-53/h25-57,65-81H,9-24H2,1-8H3/t25-,26+,27-,28+,29+,30+,31+,32+,33-,34+,35-,36-,37-,38+,39+,40-,41-,42-,43+,44+,45+,46+,47+,48+,49+,50+,51+,52-,53+,54-,55-,56-,57-,61-,62+,63+,64-/m0/s1. The van der Waals surface area contributed by atoms with Gasteiger partial charge in [0.25, 0.3) is 0 Å². The van der Waals surface area contributed by atoms with E-state index in [-0.39, 0.29) is 51.9 Å². The van der Waals surface area contributed by atoms with E-state index in [0.717, 1.165) is 44.9 Å². The zero-order valence-corrected chi connectivity index (χ0v) is 54.8. The third-order valence-corrected chi connectivity index (χ3v) is 25.4. The summed E-state index contributed by atoms with van der Waals surface area (Å²) in [5.74, 6) is -0.212. The van der Waals surface area contributed by atoms with Crippen molar-refractivity contribution in [3.8, 4) is 0 Å². The molecule has 0 radical (unpaired) electrons. The van der Waals surface area contributed by atoms with Gasteiger partial charge in [-0.05, 0) is 128 Å². The van der Waals surface area contributed by atoms with E-state index in [9.17, 15) is 86.8 Å². The number of ether oxygens (including phenoxy) is 12. The van der Waals surface area contributed by atoms with Gasteiger partial charge in [0.2, 0.25) is 6.29 Å². The lowest BCUT2D eigenvalue weighted by atomic mass is 9.31. The molecule has 0 unspecified atom stereocenters. The maximum atomic E-state index is 15.2. The maximum absolute atomic E-state index is 15.2. The van der Waals surface area contributed by atoms with Crippen LogP contribution in [0.2, 0.25) is 0 Å². The van der Waals surface area contributed by atoms with Crippen molar-refractivity contribution in [2.45, 2.75) is 304 Å². The molecule has 94 heavy (non-hydrogen) atoms. The third-order valence-electron chi connectivity index (χ3n) is 25.4. The molecular weight excluding hydrogens is 1250 g/mol. The molecule has 30 nitrogen and oxygen atoms in total. The van der Waals surface area contributed by atoms with Gasteiger partial charge in [0, 0.05) is 0 Å². The van der Waals surface area contributed by atoms with Gasteiger partial charge in [0.15, 0.2) is 31.5 Å². The van der Waals surface area contributed by atoms with Gasteiger partial charge < -0.3 is 144 Å². The van der Waals surface area contributed by atoms with Crippen LogP contribution in [0, 0.1) is 56.2 Å². The summed E-state index contributed by atoms with van der Waals surface area (Å²) in [5, 5.41) is 184. The van der Waals surface area contributed by atoms with E-state index >= 15 is 4.79 Å². The fraction of sp³-hybridized carbons (Fsp3) is 0.984. The highest BCUT2D eigenvalue weighted by Crippen LogP contribution is 2.77. The van der Waals surface area contributed by atoms with Gasteiger partial charge in [0.05, 0.1) is 50.7 Å². The highest BCUT2D eigenvalue weighted by atomic mass is 16.8. The molecule has 5 saturated carbocycles. The number of hydrogen-bond acceptors (Lipinski definition) is 30. The summed E-state index contributed by atoms with van der Waals surface area (Å²) in [6, 6.07) is 0. The number of rotatable bonds is 15. The average molecular weight is 1360 g/mol. The Hall–Kier alpha value is -1.65. The van der Waals surface area contributed by atoms with Gasteiger partial charge in [0.1, 0.15) is 128 Å². The molecule has 11 rings (SSSR count). The molecule has 0 aromatic rings. The Bertz CT molecular complexity index is 2570. The first kappa shape index (κ1) is 73.6. The van der Waals surface area contributed by atoms with E-state index in [1.807, 2.05) is 0 Å².